The summed E-state index contributed by atoms with van der Waals surface area (Å²) in [7, 11) is 0. The highest BCUT2D eigenvalue weighted by Crippen LogP contribution is 2.44. The van der Waals surface area contributed by atoms with Gasteiger partial charge >= 0.3 is 0 Å². The lowest BCUT2D eigenvalue weighted by atomic mass is 10.2. The first-order chi connectivity index (χ1) is 10.8. The summed E-state index contributed by atoms with van der Waals surface area (Å²) in [6.07, 6.45) is 1.67. The van der Waals surface area contributed by atoms with Gasteiger partial charge in [-0.05, 0) is 18.2 Å². The second-order valence-electron chi connectivity index (χ2n) is 5.14. The predicted molar refractivity (Wildman–Crippen MR) is 88.4 cm³/mol. The molecule has 0 radical (unpaired) electrons. The Morgan fingerprint density at radius 3 is 2.64 bits per heavy atom. The van der Waals surface area contributed by atoms with E-state index in [-0.39, 0.29) is 5.88 Å². The fourth-order valence-corrected chi connectivity index (χ4v) is 3.33. The van der Waals surface area contributed by atoms with Gasteiger partial charge in [0.05, 0.1) is 11.6 Å². The minimum atomic E-state index is 0.186. The van der Waals surface area contributed by atoms with E-state index in [1.54, 1.807) is 12.3 Å². The lowest BCUT2D eigenvalue weighted by molar-refractivity contribution is 0.406. The van der Waals surface area contributed by atoms with Crippen molar-refractivity contribution >= 4 is 34.2 Å². The quantitative estimate of drug-likeness (QED) is 0.727. The lowest BCUT2D eigenvalue weighted by Gasteiger charge is -2.27. The van der Waals surface area contributed by atoms with Crippen LogP contribution >= 0.6 is 11.8 Å². The van der Waals surface area contributed by atoms with Crippen LogP contribution in [0.1, 0.15) is 6.04 Å². The average molecular weight is 310 g/mol. The molecule has 0 bridgehead atoms. The van der Waals surface area contributed by atoms with Crippen LogP contribution in [0.25, 0.3) is 10.9 Å². The van der Waals surface area contributed by atoms with Crippen molar-refractivity contribution in [3.8, 4) is 5.88 Å². The zero-order chi connectivity index (χ0) is 14.9. The predicted octanol–water partition coefficient (Wildman–Crippen LogP) is 4.45. The molecule has 1 saturated heterocycles. The van der Waals surface area contributed by atoms with Crippen molar-refractivity contribution < 1.29 is 5.11 Å². The summed E-state index contributed by atoms with van der Waals surface area (Å²) < 4.78 is 1.97. The number of nitrogens with zero attached hydrogens (tertiary/aromatic N) is 4. The van der Waals surface area contributed by atoms with E-state index in [1.165, 1.54) is 0 Å². The summed E-state index contributed by atoms with van der Waals surface area (Å²) in [6, 6.07) is 13.7. The van der Waals surface area contributed by atoms with E-state index in [2.05, 4.69) is 15.2 Å². The molecule has 0 aliphatic carbocycles. The number of para-hydroxylation sites is 1. The first kappa shape index (κ1) is 13.3. The number of fused-ring (bicyclic) bond motifs is 1. The number of aromatic hydroxyl groups is 1. The molecule has 1 fully saturated rings. The van der Waals surface area contributed by atoms with Crippen molar-refractivity contribution in [2.75, 3.05) is 11.5 Å². The number of aromatic nitrogens is 2. The molecule has 2 aromatic heterocycles. The molecule has 0 amide bonds. The zero-order valence-corrected chi connectivity index (χ0v) is 12.6. The molecule has 1 N–H and O–H groups in total. The van der Waals surface area contributed by atoms with E-state index in [4.69, 9.17) is 0 Å². The monoisotopic (exact) mass is 310 g/mol. The van der Waals surface area contributed by atoms with Crippen molar-refractivity contribution in [3.63, 3.8) is 0 Å². The number of thioether (sulfide) groups is 1. The normalized spacial score (nSPS) is 15.5. The molecule has 3 aromatic rings. The molecule has 1 aromatic carbocycles. The van der Waals surface area contributed by atoms with Crippen LogP contribution in [0.4, 0.5) is 11.5 Å². The van der Waals surface area contributed by atoms with Crippen LogP contribution in [-0.2, 0) is 0 Å². The van der Waals surface area contributed by atoms with Crippen molar-refractivity contribution in [3.05, 3.63) is 48.7 Å². The molecule has 3 heterocycles. The summed E-state index contributed by atoms with van der Waals surface area (Å²) >= 11 is 1.88. The Labute approximate surface area is 131 Å². The number of hydrogen-bond donors (Lipinski definition) is 1. The molecular formula is C16H14N4OS. The molecule has 0 unspecified atom stereocenters. The van der Waals surface area contributed by atoms with Gasteiger partial charge in [-0.3, -0.25) is 0 Å². The van der Waals surface area contributed by atoms with Crippen LogP contribution < -0.4 is 0 Å². The van der Waals surface area contributed by atoms with E-state index < -0.39 is 0 Å². The van der Waals surface area contributed by atoms with E-state index in [9.17, 15) is 5.11 Å². The van der Waals surface area contributed by atoms with Gasteiger partial charge in [0.2, 0.25) is 5.88 Å². The molecule has 1 aliphatic heterocycles. The number of benzene rings is 1. The van der Waals surface area contributed by atoms with Crippen molar-refractivity contribution in [1.82, 2.24) is 9.55 Å². The van der Waals surface area contributed by atoms with E-state index in [0.29, 0.717) is 17.5 Å². The highest BCUT2D eigenvalue weighted by Gasteiger charge is 2.27. The maximum Gasteiger partial charge on any atom is 0.221 e. The van der Waals surface area contributed by atoms with E-state index in [1.807, 2.05) is 52.7 Å². The summed E-state index contributed by atoms with van der Waals surface area (Å²) in [5, 5.41) is 19.9. The average Bonchev–Trinajstić information content (AvgIpc) is 2.78. The third-order valence-corrected chi connectivity index (χ3v) is 4.99. The molecule has 5 nitrogen and oxygen atoms in total. The fourth-order valence-electron chi connectivity index (χ4n) is 2.59. The van der Waals surface area contributed by atoms with Gasteiger partial charge in [-0.2, -0.15) is 11.8 Å². The molecule has 0 saturated carbocycles. The van der Waals surface area contributed by atoms with Crippen LogP contribution in [0.15, 0.2) is 58.9 Å². The van der Waals surface area contributed by atoms with Crippen molar-refractivity contribution in [2.24, 2.45) is 10.2 Å². The smallest absolute Gasteiger partial charge is 0.221 e. The maximum absolute atomic E-state index is 10.6. The molecular weight excluding hydrogens is 296 g/mol. The summed E-state index contributed by atoms with van der Waals surface area (Å²) in [5.74, 6) is 2.75. The summed E-state index contributed by atoms with van der Waals surface area (Å²) in [6.45, 7) is 0. The molecule has 0 atom stereocenters. The Kier molecular flexibility index (Phi) is 3.31. The highest BCUT2D eigenvalue weighted by atomic mass is 32.2. The Bertz CT molecular complexity index is 840. The van der Waals surface area contributed by atoms with Crippen LogP contribution in [-0.4, -0.2) is 26.2 Å². The standard InChI is InChI=1S/C16H14N4OS/c21-16-15(19-18-14-7-3-4-8-17-14)12-5-1-2-6-13(12)20(16)11-9-22-10-11/h1-8,11,21H,9-10H2. The Morgan fingerprint density at radius 2 is 1.91 bits per heavy atom. The van der Waals surface area contributed by atoms with Gasteiger partial charge in [0.1, 0.15) is 0 Å². The lowest BCUT2D eigenvalue weighted by Crippen LogP contribution is -2.22. The maximum atomic E-state index is 10.6. The Hall–Kier alpha value is -2.34. The first-order valence-electron chi connectivity index (χ1n) is 7.07. The van der Waals surface area contributed by atoms with Crippen LogP contribution in [0, 0.1) is 0 Å². The van der Waals surface area contributed by atoms with Gasteiger partial charge < -0.3 is 9.67 Å². The van der Waals surface area contributed by atoms with Crippen LogP contribution in [0.5, 0.6) is 5.88 Å². The molecule has 6 heteroatoms. The van der Waals surface area contributed by atoms with Gasteiger partial charge in [-0.25, -0.2) is 4.98 Å². The third kappa shape index (κ3) is 2.16. The van der Waals surface area contributed by atoms with Gasteiger partial charge in [0.25, 0.3) is 0 Å². The van der Waals surface area contributed by atoms with Gasteiger partial charge in [0.15, 0.2) is 11.5 Å². The number of azo groups is 1. The molecule has 1 aliphatic rings. The van der Waals surface area contributed by atoms with E-state index in [0.717, 1.165) is 22.4 Å². The number of rotatable bonds is 3. The summed E-state index contributed by atoms with van der Waals surface area (Å²) in [4.78, 5) is 4.12. The minimum absolute atomic E-state index is 0.186. The zero-order valence-electron chi connectivity index (χ0n) is 11.8. The second-order valence-corrected chi connectivity index (χ2v) is 6.21. The van der Waals surface area contributed by atoms with E-state index >= 15 is 0 Å². The third-order valence-electron chi connectivity index (χ3n) is 3.75. The van der Waals surface area contributed by atoms with Crippen molar-refractivity contribution in [2.45, 2.75) is 6.04 Å². The highest BCUT2D eigenvalue weighted by molar-refractivity contribution is 8.00. The number of pyridine rings is 1. The Balaban J connectivity index is 1.83. The van der Waals surface area contributed by atoms with Crippen LogP contribution in [0.3, 0.4) is 0 Å². The first-order valence-corrected chi connectivity index (χ1v) is 8.22. The largest absolute Gasteiger partial charge is 0.493 e. The topological polar surface area (TPSA) is 62.8 Å². The van der Waals surface area contributed by atoms with Gasteiger partial charge in [0, 0.05) is 23.1 Å². The molecule has 22 heavy (non-hydrogen) atoms. The molecule has 0 spiro atoms. The van der Waals surface area contributed by atoms with Crippen molar-refractivity contribution in [1.29, 1.82) is 0 Å². The Morgan fingerprint density at radius 1 is 1.09 bits per heavy atom. The summed E-state index contributed by atoms with van der Waals surface area (Å²) in [5.41, 5.74) is 1.51. The van der Waals surface area contributed by atoms with Gasteiger partial charge in [-0.1, -0.05) is 24.3 Å². The fraction of sp³-hybridized carbons (Fsp3) is 0.188. The van der Waals surface area contributed by atoms with Crippen LogP contribution in [0.2, 0.25) is 0 Å². The minimum Gasteiger partial charge on any atom is -0.493 e. The SMILES string of the molecule is Oc1c(N=Nc2ccccn2)c2ccccc2n1C1CSC1. The molecule has 4 rings (SSSR count). The second kappa shape index (κ2) is 5.46. The molecule has 110 valence electrons. The number of hydrogen-bond acceptors (Lipinski definition) is 5. The van der Waals surface area contributed by atoms with Gasteiger partial charge in [-0.15, -0.1) is 10.2 Å².